The maximum Gasteiger partial charge on any atom is 2.00 e. The average Bonchev–Trinajstić information content (AvgIpc) is 2.76. The van der Waals surface area contributed by atoms with E-state index < -0.39 is 10.1 Å². The number of unbranched alkanes of at least 4 members (excludes halogenated alkanes) is 12. The molecular weight excluding hydrogens is 570 g/mol. The summed E-state index contributed by atoms with van der Waals surface area (Å²) >= 11 is 0. The van der Waals surface area contributed by atoms with Crippen LogP contribution in [-0.2, 0) is 23.0 Å². The first-order chi connectivity index (χ1) is 15.5. The summed E-state index contributed by atoms with van der Waals surface area (Å²) in [6, 6.07) is 9.58. The molecule has 0 aliphatic carbocycles. The first-order valence-electron chi connectivity index (χ1n) is 13.0. The third-order valence-electron chi connectivity index (χ3n) is 6.48. The van der Waals surface area contributed by atoms with Crippen LogP contribution in [0.25, 0.3) is 10.8 Å². The molecule has 0 bridgehead atoms. The van der Waals surface area contributed by atoms with Crippen molar-refractivity contribution in [2.24, 2.45) is 0 Å². The van der Waals surface area contributed by atoms with E-state index in [4.69, 9.17) is 0 Å². The van der Waals surface area contributed by atoms with Crippen LogP contribution in [0.2, 0.25) is 0 Å². The molecule has 0 radical (unpaired) electrons. The molecule has 0 amide bonds. The predicted octanol–water partition coefficient (Wildman–Crippen LogP) is 7.77. The topological polar surface area (TPSA) is 87.2 Å². The minimum atomic E-state index is -4.46. The molecule has 0 aromatic heterocycles. The van der Waals surface area contributed by atoms with Crippen LogP contribution in [0.15, 0.2) is 35.2 Å². The zero-order chi connectivity index (χ0) is 23.2. The van der Waals surface area contributed by atoms with Crippen molar-refractivity contribution in [2.45, 2.75) is 121 Å². The Kier molecular flexibility index (Phi) is 19.4. The van der Waals surface area contributed by atoms with Gasteiger partial charge in [-0.25, -0.2) is 8.42 Å². The van der Waals surface area contributed by atoms with Gasteiger partial charge in [-0.2, -0.15) is 0 Å². The molecule has 2 aromatic carbocycles. The minimum absolute atomic E-state index is 0. The van der Waals surface area contributed by atoms with Gasteiger partial charge < -0.3 is 10.0 Å². The van der Waals surface area contributed by atoms with Crippen molar-refractivity contribution in [3.63, 3.8) is 0 Å². The van der Waals surface area contributed by atoms with E-state index in [-0.39, 0.29) is 59.3 Å². The summed E-state index contributed by atoms with van der Waals surface area (Å²) in [5.41, 5.74) is 2.22. The van der Waals surface area contributed by atoms with Crippen molar-refractivity contribution in [2.75, 3.05) is 0 Å². The fraction of sp³-hybridized carbons (Fsp3) is 0.643. The second-order valence-electron chi connectivity index (χ2n) is 9.33. The molecule has 0 saturated carbocycles. The molecule has 1 N–H and O–H groups in total. The van der Waals surface area contributed by atoms with Crippen LogP contribution in [0.5, 0.6) is 0 Å². The quantitative estimate of drug-likeness (QED) is 0.104. The summed E-state index contributed by atoms with van der Waals surface area (Å²) in [4.78, 5) is -0.0870. The second-order valence-corrected chi connectivity index (χ2v) is 10.7. The maximum atomic E-state index is 11.8. The van der Waals surface area contributed by atoms with Gasteiger partial charge in [0, 0.05) is 0 Å². The van der Waals surface area contributed by atoms with Crippen LogP contribution in [0.1, 0.15) is 115 Å². The Hall–Kier alpha value is 0.141. The summed E-state index contributed by atoms with van der Waals surface area (Å²) < 4.78 is 35.3. The fourth-order valence-corrected chi connectivity index (χ4v) is 5.09. The van der Waals surface area contributed by atoms with Crippen molar-refractivity contribution in [1.29, 1.82) is 0 Å². The van der Waals surface area contributed by atoms with E-state index in [1.807, 2.05) is 0 Å². The van der Waals surface area contributed by atoms with Gasteiger partial charge in [0.1, 0.15) is 10.1 Å². The zero-order valence-corrected chi connectivity index (χ0v) is 26.7. The molecule has 0 spiro atoms. The minimum Gasteiger partial charge on any atom is -0.870 e. The zero-order valence-electron chi connectivity index (χ0n) is 21.5. The summed E-state index contributed by atoms with van der Waals surface area (Å²) in [7, 11) is -4.46. The van der Waals surface area contributed by atoms with Gasteiger partial charge in [-0.05, 0) is 59.7 Å². The molecule has 34 heavy (non-hydrogen) atoms. The van der Waals surface area contributed by atoms with Gasteiger partial charge in [0.25, 0.3) is 0 Å². The van der Waals surface area contributed by atoms with E-state index in [0.29, 0.717) is 0 Å². The molecular formula is C28H44BaO4S. The molecule has 188 valence electrons. The Bertz CT molecular complexity index is 912. The van der Waals surface area contributed by atoms with Crippen LogP contribution in [0, 0.1) is 0 Å². The molecule has 4 nitrogen and oxygen atoms in total. The van der Waals surface area contributed by atoms with Gasteiger partial charge in [0.05, 0.1) is 4.90 Å². The van der Waals surface area contributed by atoms with E-state index in [9.17, 15) is 13.0 Å². The Morgan fingerprint density at radius 2 is 1.18 bits per heavy atom. The summed E-state index contributed by atoms with van der Waals surface area (Å²) in [6.07, 6.45) is 19.3. The van der Waals surface area contributed by atoms with Gasteiger partial charge >= 0.3 is 48.9 Å². The van der Waals surface area contributed by atoms with E-state index in [0.717, 1.165) is 48.4 Å². The van der Waals surface area contributed by atoms with Crippen LogP contribution in [0.4, 0.5) is 0 Å². The van der Waals surface area contributed by atoms with E-state index in [1.165, 1.54) is 76.2 Å². The largest absolute Gasteiger partial charge is 2.00 e. The predicted molar refractivity (Wildman–Crippen MR) is 143 cm³/mol. The Morgan fingerprint density at radius 1 is 0.676 bits per heavy atom. The molecule has 0 aliphatic heterocycles. The monoisotopic (exact) mass is 614 g/mol. The Labute approximate surface area is 248 Å². The van der Waals surface area contributed by atoms with Crippen LogP contribution >= 0.6 is 0 Å². The number of hydrogen-bond acceptors (Lipinski definition) is 4. The fourth-order valence-electron chi connectivity index (χ4n) is 4.53. The number of aryl methyl sites for hydroxylation is 2. The van der Waals surface area contributed by atoms with Crippen molar-refractivity contribution >= 4 is 69.8 Å². The van der Waals surface area contributed by atoms with Gasteiger partial charge in [-0.3, -0.25) is 0 Å². The van der Waals surface area contributed by atoms with Crippen molar-refractivity contribution in [3.05, 3.63) is 41.5 Å². The molecule has 0 fully saturated rings. The van der Waals surface area contributed by atoms with E-state index >= 15 is 0 Å². The SMILES string of the molecule is CCCCCCCCCc1ccc2c(CCCCCCCCC)cc(S(=O)(=O)[O-])cc2c1.[Ba+2].[OH-]. The van der Waals surface area contributed by atoms with E-state index in [2.05, 4.69) is 32.0 Å². The van der Waals surface area contributed by atoms with Gasteiger partial charge in [0.15, 0.2) is 0 Å². The normalized spacial score (nSPS) is 11.3. The molecule has 2 rings (SSSR count). The number of hydrogen-bond donors (Lipinski definition) is 0. The molecule has 0 saturated heterocycles. The summed E-state index contributed by atoms with van der Waals surface area (Å²) in [5, 5.41) is 1.98. The van der Waals surface area contributed by atoms with Crippen LogP contribution in [0.3, 0.4) is 0 Å². The molecule has 0 unspecified atom stereocenters. The maximum absolute atomic E-state index is 11.8. The van der Waals surface area contributed by atoms with Crippen molar-refractivity contribution < 1.29 is 18.4 Å². The van der Waals surface area contributed by atoms with Gasteiger partial charge in [-0.15, -0.1) is 0 Å². The molecule has 2 aromatic rings. The first kappa shape index (κ1) is 34.1. The number of fused-ring (bicyclic) bond motifs is 1. The standard InChI is InChI=1S/C28H44O3S.Ba.H2O/c1-3-5-7-9-11-13-15-17-24-19-20-28-25(18-16-14-12-10-8-6-4-2)22-27(32(29,30)31)23-26(28)21-24;;/h19-23H,3-18H2,1-2H3,(H,29,30,31);;1H2/q;+2;/p-2. The average molecular weight is 614 g/mol. The first-order valence-corrected chi connectivity index (χ1v) is 14.4. The molecule has 0 aliphatic rings. The number of benzene rings is 2. The molecule has 0 heterocycles. The summed E-state index contributed by atoms with van der Waals surface area (Å²) in [5.74, 6) is 0. The third kappa shape index (κ3) is 12.9. The van der Waals surface area contributed by atoms with Crippen molar-refractivity contribution in [3.8, 4) is 0 Å². The van der Waals surface area contributed by atoms with Gasteiger partial charge in [0.2, 0.25) is 0 Å². The van der Waals surface area contributed by atoms with E-state index in [1.54, 1.807) is 12.1 Å². The van der Waals surface area contributed by atoms with Crippen LogP contribution < -0.4 is 0 Å². The third-order valence-corrected chi connectivity index (χ3v) is 7.30. The smallest absolute Gasteiger partial charge is 0.870 e. The van der Waals surface area contributed by atoms with Gasteiger partial charge in [-0.1, -0.05) is 109 Å². The molecule has 6 heteroatoms. The number of rotatable bonds is 17. The summed E-state index contributed by atoms with van der Waals surface area (Å²) in [6.45, 7) is 4.46. The Morgan fingerprint density at radius 3 is 1.71 bits per heavy atom. The van der Waals surface area contributed by atoms with Crippen LogP contribution in [-0.4, -0.2) is 67.3 Å². The molecule has 0 atom stereocenters. The second kappa shape index (κ2) is 19.3. The van der Waals surface area contributed by atoms with Crippen molar-refractivity contribution in [1.82, 2.24) is 0 Å². The Balaban J connectivity index is 0.00000544.